The largest absolute Gasteiger partial charge is 0.339 e. The third-order valence-corrected chi connectivity index (χ3v) is 6.59. The average Bonchev–Trinajstić information content (AvgIpc) is 3.24. The molecule has 1 N–H and O–H groups in total. The molecule has 7 heteroatoms. The molecule has 2 heterocycles. The molecule has 0 saturated carbocycles. The molecule has 0 atom stereocenters. The van der Waals surface area contributed by atoms with E-state index in [1.54, 1.807) is 17.2 Å². The van der Waals surface area contributed by atoms with Crippen molar-refractivity contribution in [3.8, 4) is 0 Å². The minimum atomic E-state index is -0.113. The van der Waals surface area contributed by atoms with Gasteiger partial charge in [0.15, 0.2) is 5.13 Å². The van der Waals surface area contributed by atoms with Crippen LogP contribution in [0, 0.1) is 5.92 Å². The third kappa shape index (κ3) is 6.05. The monoisotopic (exact) mass is 465 g/mol. The fraction of sp³-hybridized carbons (Fsp3) is 0.240. The van der Waals surface area contributed by atoms with E-state index in [0.717, 1.165) is 22.4 Å². The van der Waals surface area contributed by atoms with E-state index < -0.39 is 0 Å². The van der Waals surface area contributed by atoms with E-state index in [9.17, 15) is 9.59 Å². The Hall–Kier alpha value is -2.96. The zero-order valence-corrected chi connectivity index (χ0v) is 19.1. The summed E-state index contributed by atoms with van der Waals surface area (Å²) >= 11 is 7.53. The number of anilines is 1. The number of aromatic nitrogens is 1. The van der Waals surface area contributed by atoms with E-state index in [-0.39, 0.29) is 17.7 Å². The molecule has 2 amide bonds. The van der Waals surface area contributed by atoms with Gasteiger partial charge in [-0.1, -0.05) is 54.1 Å². The first kappa shape index (κ1) is 22.2. The van der Waals surface area contributed by atoms with Crippen LogP contribution in [-0.4, -0.2) is 34.8 Å². The molecule has 1 fully saturated rings. The molecule has 5 nitrogen and oxygen atoms in total. The number of hydrogen-bond donors (Lipinski definition) is 1. The molecule has 32 heavy (non-hydrogen) atoms. The summed E-state index contributed by atoms with van der Waals surface area (Å²) in [5.74, 6) is -0.156. The summed E-state index contributed by atoms with van der Waals surface area (Å²) < 4.78 is 0. The molecule has 1 saturated heterocycles. The average molecular weight is 466 g/mol. The van der Waals surface area contributed by atoms with Crippen LogP contribution >= 0.6 is 22.9 Å². The van der Waals surface area contributed by atoms with Crippen molar-refractivity contribution in [2.75, 3.05) is 18.4 Å². The molecule has 0 bridgehead atoms. The Labute approximate surface area is 196 Å². The molecule has 1 aliphatic rings. The van der Waals surface area contributed by atoms with Crippen molar-refractivity contribution < 1.29 is 9.59 Å². The van der Waals surface area contributed by atoms with Gasteiger partial charge in [0.2, 0.25) is 11.8 Å². The Morgan fingerprint density at radius 2 is 1.91 bits per heavy atom. The van der Waals surface area contributed by atoms with Crippen LogP contribution in [0.1, 0.15) is 28.8 Å². The predicted molar refractivity (Wildman–Crippen MR) is 130 cm³/mol. The number of nitrogens with one attached hydrogen (secondary N) is 1. The van der Waals surface area contributed by atoms with Crippen LogP contribution in [0.5, 0.6) is 0 Å². The Balaban J connectivity index is 1.25. The summed E-state index contributed by atoms with van der Waals surface area (Å²) in [6.07, 6.45) is 7.25. The van der Waals surface area contributed by atoms with E-state index in [4.69, 9.17) is 11.6 Å². The van der Waals surface area contributed by atoms with Crippen LogP contribution in [0.15, 0.2) is 66.9 Å². The van der Waals surface area contributed by atoms with Gasteiger partial charge in [-0.3, -0.25) is 9.59 Å². The highest BCUT2D eigenvalue weighted by Gasteiger charge is 2.27. The van der Waals surface area contributed by atoms with Crippen molar-refractivity contribution >= 4 is 46.0 Å². The lowest BCUT2D eigenvalue weighted by Crippen LogP contribution is -2.40. The van der Waals surface area contributed by atoms with Gasteiger partial charge in [-0.25, -0.2) is 4.98 Å². The molecule has 3 aromatic rings. The van der Waals surface area contributed by atoms with Crippen molar-refractivity contribution in [1.82, 2.24) is 9.88 Å². The standard InChI is InChI=1S/C25H24ClN3O2S/c26-21-8-4-7-19(15-21)16-22-17-27-25(32-22)28-24(31)20-11-13-29(14-12-20)23(30)10-9-18-5-2-1-3-6-18/h1-10,15,17,20H,11-14,16H2,(H,27,28,31)/b10-9+. The highest BCUT2D eigenvalue weighted by molar-refractivity contribution is 7.15. The van der Waals surface area contributed by atoms with Crippen molar-refractivity contribution in [1.29, 1.82) is 0 Å². The van der Waals surface area contributed by atoms with Crippen molar-refractivity contribution in [2.24, 2.45) is 5.92 Å². The number of amides is 2. The number of likely N-dealkylation sites (tertiary alicyclic amines) is 1. The van der Waals surface area contributed by atoms with Gasteiger partial charge in [0.1, 0.15) is 0 Å². The molecule has 0 unspecified atom stereocenters. The van der Waals surface area contributed by atoms with E-state index in [2.05, 4.69) is 10.3 Å². The molecule has 2 aromatic carbocycles. The van der Waals surface area contributed by atoms with Gasteiger partial charge in [-0.2, -0.15) is 0 Å². The number of nitrogens with zero attached hydrogens (tertiary/aromatic N) is 2. The number of rotatable bonds is 6. The lowest BCUT2D eigenvalue weighted by atomic mass is 9.96. The van der Waals surface area contributed by atoms with E-state index in [0.29, 0.717) is 36.1 Å². The van der Waals surface area contributed by atoms with Crippen LogP contribution < -0.4 is 5.32 Å². The molecule has 164 valence electrons. The van der Waals surface area contributed by atoms with Gasteiger partial charge in [-0.05, 0) is 42.2 Å². The van der Waals surface area contributed by atoms with Crippen LogP contribution in [0.2, 0.25) is 5.02 Å². The highest BCUT2D eigenvalue weighted by atomic mass is 35.5. The molecular formula is C25H24ClN3O2S. The van der Waals surface area contributed by atoms with Crippen LogP contribution in [0.4, 0.5) is 5.13 Å². The van der Waals surface area contributed by atoms with E-state index in [1.807, 2.05) is 60.7 Å². The fourth-order valence-electron chi connectivity index (χ4n) is 3.70. The smallest absolute Gasteiger partial charge is 0.246 e. The topological polar surface area (TPSA) is 62.3 Å². The van der Waals surface area contributed by atoms with Crippen molar-refractivity contribution in [3.05, 3.63) is 87.9 Å². The van der Waals surface area contributed by atoms with Gasteiger partial charge in [0.25, 0.3) is 0 Å². The number of halogens is 1. The van der Waals surface area contributed by atoms with Gasteiger partial charge < -0.3 is 10.2 Å². The number of carbonyl (C=O) groups is 2. The maximum atomic E-state index is 12.7. The van der Waals surface area contributed by atoms with Gasteiger partial charge in [0, 0.05) is 47.6 Å². The lowest BCUT2D eigenvalue weighted by Gasteiger charge is -2.30. The quantitative estimate of drug-likeness (QED) is 0.504. The minimum Gasteiger partial charge on any atom is -0.339 e. The second kappa shape index (κ2) is 10.6. The zero-order chi connectivity index (χ0) is 22.3. The zero-order valence-electron chi connectivity index (χ0n) is 17.5. The Morgan fingerprint density at radius 1 is 1.12 bits per heavy atom. The molecule has 0 spiro atoms. The number of benzene rings is 2. The second-order valence-corrected chi connectivity index (χ2v) is 9.32. The lowest BCUT2D eigenvalue weighted by molar-refractivity contribution is -0.130. The Morgan fingerprint density at radius 3 is 2.66 bits per heavy atom. The molecular weight excluding hydrogens is 442 g/mol. The number of hydrogen-bond acceptors (Lipinski definition) is 4. The van der Waals surface area contributed by atoms with Crippen molar-refractivity contribution in [3.63, 3.8) is 0 Å². The van der Waals surface area contributed by atoms with Crippen LogP contribution in [-0.2, 0) is 16.0 Å². The molecule has 4 rings (SSSR count). The summed E-state index contributed by atoms with van der Waals surface area (Å²) in [5, 5.41) is 4.26. The molecule has 0 radical (unpaired) electrons. The fourth-order valence-corrected chi connectivity index (χ4v) is 4.76. The molecule has 1 aliphatic heterocycles. The van der Waals surface area contributed by atoms with Crippen molar-refractivity contribution in [2.45, 2.75) is 19.3 Å². The first-order valence-corrected chi connectivity index (χ1v) is 11.8. The first-order valence-electron chi connectivity index (χ1n) is 10.6. The maximum Gasteiger partial charge on any atom is 0.246 e. The summed E-state index contributed by atoms with van der Waals surface area (Å²) in [4.78, 5) is 32.3. The Kier molecular flexibility index (Phi) is 7.35. The number of thiazole rings is 1. The van der Waals surface area contributed by atoms with E-state index in [1.165, 1.54) is 11.3 Å². The van der Waals surface area contributed by atoms with E-state index >= 15 is 0 Å². The van der Waals surface area contributed by atoms with Crippen LogP contribution in [0.25, 0.3) is 6.08 Å². The molecule has 0 aliphatic carbocycles. The highest BCUT2D eigenvalue weighted by Crippen LogP contribution is 2.25. The van der Waals surface area contributed by atoms with Gasteiger partial charge in [-0.15, -0.1) is 11.3 Å². The third-order valence-electron chi connectivity index (χ3n) is 5.45. The normalized spacial score (nSPS) is 14.6. The Bertz CT molecular complexity index is 1110. The summed E-state index contributed by atoms with van der Waals surface area (Å²) in [5.41, 5.74) is 2.10. The predicted octanol–water partition coefficient (Wildman–Crippen LogP) is 5.28. The minimum absolute atomic E-state index is 0.0155. The first-order chi connectivity index (χ1) is 15.6. The SMILES string of the molecule is O=C(Nc1ncc(Cc2cccc(Cl)c2)s1)C1CCN(C(=O)/C=C/c2ccccc2)CC1. The second-order valence-electron chi connectivity index (χ2n) is 7.77. The number of carbonyl (C=O) groups excluding carboxylic acids is 2. The summed E-state index contributed by atoms with van der Waals surface area (Å²) in [6.45, 7) is 1.15. The maximum absolute atomic E-state index is 12.7. The van der Waals surface area contributed by atoms with Gasteiger partial charge >= 0.3 is 0 Å². The molecule has 1 aromatic heterocycles. The van der Waals surface area contributed by atoms with Gasteiger partial charge in [0.05, 0.1) is 0 Å². The van der Waals surface area contributed by atoms with Crippen LogP contribution in [0.3, 0.4) is 0 Å². The number of piperidine rings is 1. The summed E-state index contributed by atoms with van der Waals surface area (Å²) in [7, 11) is 0. The summed E-state index contributed by atoms with van der Waals surface area (Å²) in [6, 6.07) is 17.5.